The van der Waals surface area contributed by atoms with Crippen LogP contribution in [-0.2, 0) is 6.54 Å². The summed E-state index contributed by atoms with van der Waals surface area (Å²) in [5, 5.41) is 22.4. The van der Waals surface area contributed by atoms with Crippen LogP contribution in [0.3, 0.4) is 0 Å². The Labute approximate surface area is 169 Å². The molecule has 1 N–H and O–H groups in total. The normalized spacial score (nSPS) is 11.7. The van der Waals surface area contributed by atoms with Crippen molar-refractivity contribution in [1.82, 2.24) is 34.2 Å². The summed E-state index contributed by atoms with van der Waals surface area (Å²) in [6.07, 6.45) is 15.3. The van der Waals surface area contributed by atoms with E-state index < -0.39 is 0 Å². The van der Waals surface area contributed by atoms with Crippen LogP contribution < -0.4 is 0 Å². The second-order valence-electron chi connectivity index (χ2n) is 7.24. The number of aliphatic hydroxyl groups excluding tert-OH is 1. The molecule has 4 aromatic heterocycles. The molecular formula is C21H27N7O. The topological polar surface area (TPSA) is 86.1 Å². The third-order valence-corrected chi connectivity index (χ3v) is 5.31. The fourth-order valence-corrected chi connectivity index (χ4v) is 3.61. The Balaban J connectivity index is 1.70. The van der Waals surface area contributed by atoms with Gasteiger partial charge in [-0.15, -0.1) is 0 Å². The van der Waals surface area contributed by atoms with Crippen molar-refractivity contribution < 1.29 is 5.11 Å². The van der Waals surface area contributed by atoms with Gasteiger partial charge in [0.1, 0.15) is 0 Å². The van der Waals surface area contributed by atoms with E-state index in [0.717, 1.165) is 60.3 Å². The van der Waals surface area contributed by atoms with Crippen molar-refractivity contribution in [2.45, 2.75) is 52.1 Å². The number of rotatable bonds is 9. The van der Waals surface area contributed by atoms with Gasteiger partial charge in [-0.2, -0.15) is 15.3 Å². The van der Waals surface area contributed by atoms with Crippen LogP contribution in [0, 0.1) is 0 Å². The van der Waals surface area contributed by atoms with Gasteiger partial charge in [0.15, 0.2) is 0 Å². The van der Waals surface area contributed by atoms with Gasteiger partial charge in [-0.1, -0.05) is 13.8 Å². The number of aromatic nitrogens is 7. The van der Waals surface area contributed by atoms with Gasteiger partial charge >= 0.3 is 0 Å². The van der Waals surface area contributed by atoms with Gasteiger partial charge in [-0.3, -0.25) is 9.36 Å². The maximum absolute atomic E-state index is 8.96. The first kappa shape index (κ1) is 19.3. The quantitative estimate of drug-likeness (QED) is 0.439. The fourth-order valence-electron chi connectivity index (χ4n) is 3.61. The molecule has 0 fully saturated rings. The molecule has 0 aliphatic carbocycles. The molecule has 8 nitrogen and oxygen atoms in total. The van der Waals surface area contributed by atoms with Crippen molar-refractivity contribution in [3.05, 3.63) is 43.2 Å². The maximum Gasteiger partial charge on any atom is 0.0999 e. The number of hydrogen-bond acceptors (Lipinski definition) is 5. The van der Waals surface area contributed by atoms with Crippen molar-refractivity contribution >= 4 is 5.52 Å². The number of aryl methyl sites for hydroxylation is 1. The van der Waals surface area contributed by atoms with Crippen molar-refractivity contribution in [2.24, 2.45) is 0 Å². The minimum Gasteiger partial charge on any atom is -0.396 e. The van der Waals surface area contributed by atoms with Crippen LogP contribution in [0.25, 0.3) is 28.0 Å². The average molecular weight is 393 g/mol. The van der Waals surface area contributed by atoms with Crippen molar-refractivity contribution in [2.75, 3.05) is 6.61 Å². The first-order valence-corrected chi connectivity index (χ1v) is 10.3. The van der Waals surface area contributed by atoms with E-state index in [9.17, 15) is 0 Å². The first-order chi connectivity index (χ1) is 14.2. The minimum atomic E-state index is 0.208. The molecule has 4 heterocycles. The molecule has 152 valence electrons. The molecule has 29 heavy (non-hydrogen) atoms. The Bertz CT molecular complexity index is 1070. The zero-order valence-electron chi connectivity index (χ0n) is 16.9. The summed E-state index contributed by atoms with van der Waals surface area (Å²) in [6.45, 7) is 5.35. The highest BCUT2D eigenvalue weighted by atomic mass is 16.2. The summed E-state index contributed by atoms with van der Waals surface area (Å²) in [5.74, 6) is 0. The Morgan fingerprint density at radius 2 is 1.79 bits per heavy atom. The number of nitrogens with zero attached hydrogens (tertiary/aromatic N) is 7. The van der Waals surface area contributed by atoms with Gasteiger partial charge < -0.3 is 5.11 Å². The van der Waals surface area contributed by atoms with Gasteiger partial charge in [-0.05, 0) is 31.7 Å². The van der Waals surface area contributed by atoms with Crippen molar-refractivity contribution in [3.63, 3.8) is 0 Å². The number of unbranched alkanes of at least 4 members (excludes halogenated alkanes) is 1. The van der Waals surface area contributed by atoms with E-state index in [1.54, 1.807) is 6.20 Å². The molecule has 0 amide bonds. The highest BCUT2D eigenvalue weighted by Crippen LogP contribution is 2.27. The SMILES string of the molecule is CCC(CC)n1cc(-c2nc(-c3cnn(CCCCO)c3)cn3nccc23)cn1. The summed E-state index contributed by atoms with van der Waals surface area (Å²) in [5.41, 5.74) is 4.57. The molecule has 0 aromatic carbocycles. The Kier molecular flexibility index (Phi) is 5.71. The van der Waals surface area contributed by atoms with Crippen LogP contribution in [0.4, 0.5) is 0 Å². The molecule has 0 unspecified atom stereocenters. The molecule has 0 aliphatic heterocycles. The molecule has 0 saturated carbocycles. The molecule has 0 atom stereocenters. The van der Waals surface area contributed by atoms with Gasteiger partial charge in [0.05, 0.1) is 47.7 Å². The van der Waals surface area contributed by atoms with Crippen molar-refractivity contribution in [1.29, 1.82) is 0 Å². The lowest BCUT2D eigenvalue weighted by Gasteiger charge is -2.12. The summed E-state index contributed by atoms with van der Waals surface area (Å²) >= 11 is 0. The van der Waals surface area contributed by atoms with E-state index in [-0.39, 0.29) is 6.61 Å². The molecule has 0 bridgehead atoms. The largest absolute Gasteiger partial charge is 0.396 e. The van der Waals surface area contributed by atoms with Crippen LogP contribution in [-0.4, -0.2) is 45.9 Å². The standard InChI is InChI=1S/C21H27N7O/c1-3-18(4-2)27-14-17(12-24-27)21-20-7-8-22-28(20)15-19(25-21)16-11-23-26(13-16)9-5-6-10-29/h7-8,11-15,18,29H,3-6,9-10H2,1-2H3. The third kappa shape index (κ3) is 3.93. The Hall–Kier alpha value is -3.00. The second kappa shape index (κ2) is 8.57. The number of hydrogen-bond donors (Lipinski definition) is 1. The zero-order chi connectivity index (χ0) is 20.2. The Morgan fingerprint density at radius 3 is 2.59 bits per heavy atom. The van der Waals surface area contributed by atoms with Gasteiger partial charge in [-0.25, -0.2) is 9.50 Å². The van der Waals surface area contributed by atoms with Gasteiger partial charge in [0, 0.05) is 36.7 Å². The lowest BCUT2D eigenvalue weighted by molar-refractivity contribution is 0.280. The summed E-state index contributed by atoms with van der Waals surface area (Å²) in [6, 6.07) is 2.36. The van der Waals surface area contributed by atoms with Crippen LogP contribution in [0.1, 0.15) is 45.6 Å². The molecular weight excluding hydrogens is 366 g/mol. The molecule has 4 rings (SSSR count). The lowest BCUT2D eigenvalue weighted by Crippen LogP contribution is -2.06. The number of fused-ring (bicyclic) bond motifs is 1. The molecule has 0 spiro atoms. The number of aliphatic hydroxyl groups is 1. The average Bonchev–Trinajstić information content (AvgIpc) is 3.49. The van der Waals surface area contributed by atoms with Crippen molar-refractivity contribution in [3.8, 4) is 22.5 Å². The monoisotopic (exact) mass is 393 g/mol. The van der Waals surface area contributed by atoms with Crippen LogP contribution >= 0.6 is 0 Å². The third-order valence-electron chi connectivity index (χ3n) is 5.31. The first-order valence-electron chi connectivity index (χ1n) is 10.3. The van der Waals surface area contributed by atoms with E-state index in [0.29, 0.717) is 6.04 Å². The highest BCUT2D eigenvalue weighted by Gasteiger charge is 2.15. The summed E-state index contributed by atoms with van der Waals surface area (Å²) < 4.78 is 5.79. The zero-order valence-corrected chi connectivity index (χ0v) is 16.9. The molecule has 8 heteroatoms. The van der Waals surface area contributed by atoms with E-state index in [1.807, 2.05) is 44.7 Å². The van der Waals surface area contributed by atoms with Gasteiger partial charge in [0.2, 0.25) is 0 Å². The van der Waals surface area contributed by atoms with Crippen LogP contribution in [0.5, 0.6) is 0 Å². The predicted molar refractivity (Wildman–Crippen MR) is 111 cm³/mol. The summed E-state index contributed by atoms with van der Waals surface area (Å²) in [7, 11) is 0. The maximum atomic E-state index is 8.96. The van der Waals surface area contributed by atoms with Crippen LogP contribution in [0.15, 0.2) is 43.2 Å². The predicted octanol–water partition coefficient (Wildman–Crippen LogP) is 3.59. The van der Waals surface area contributed by atoms with E-state index in [4.69, 9.17) is 10.1 Å². The molecule has 4 aromatic rings. The van der Waals surface area contributed by atoms with E-state index in [1.165, 1.54) is 0 Å². The second-order valence-corrected chi connectivity index (χ2v) is 7.24. The summed E-state index contributed by atoms with van der Waals surface area (Å²) in [4.78, 5) is 4.94. The highest BCUT2D eigenvalue weighted by molar-refractivity contribution is 5.78. The fraction of sp³-hybridized carbons (Fsp3) is 0.429. The Morgan fingerprint density at radius 1 is 0.966 bits per heavy atom. The smallest absolute Gasteiger partial charge is 0.0999 e. The molecule has 0 aliphatic rings. The molecule has 0 radical (unpaired) electrons. The molecule has 0 saturated heterocycles. The lowest BCUT2D eigenvalue weighted by atomic mass is 10.1. The van der Waals surface area contributed by atoms with Gasteiger partial charge in [0.25, 0.3) is 0 Å². The van der Waals surface area contributed by atoms with Crippen LogP contribution in [0.2, 0.25) is 0 Å². The van der Waals surface area contributed by atoms with E-state index in [2.05, 4.69) is 35.3 Å². The minimum absolute atomic E-state index is 0.208. The van der Waals surface area contributed by atoms with E-state index >= 15 is 0 Å².